The number of rotatable bonds is 5. The number of likely N-dealkylation sites (tertiary alicyclic amines) is 1. The average molecular weight is 491 g/mol. The molecule has 1 amide bonds. The summed E-state index contributed by atoms with van der Waals surface area (Å²) in [7, 11) is 3.13. The van der Waals surface area contributed by atoms with Gasteiger partial charge >= 0.3 is 0 Å². The molecular weight excluding hydrogens is 463 g/mol. The van der Waals surface area contributed by atoms with Crippen LogP contribution in [0.2, 0.25) is 0 Å². The summed E-state index contributed by atoms with van der Waals surface area (Å²) in [4.78, 5) is 33.2. The molecule has 186 valence electrons. The predicted octanol–water partition coefficient (Wildman–Crippen LogP) is 2.35. The number of anilines is 1. The molecule has 2 aromatic rings. The second-order valence-electron chi connectivity index (χ2n) is 9.48. The molecule has 0 N–H and O–H groups in total. The summed E-state index contributed by atoms with van der Waals surface area (Å²) in [5.41, 5.74) is 0.858. The van der Waals surface area contributed by atoms with E-state index in [-0.39, 0.29) is 17.6 Å². The monoisotopic (exact) mass is 490 g/mol. The molecule has 0 bridgehead atoms. The number of ether oxygens (including phenoxy) is 2. The van der Waals surface area contributed by atoms with Gasteiger partial charge in [0, 0.05) is 62.2 Å². The van der Waals surface area contributed by atoms with Gasteiger partial charge in [0.2, 0.25) is 23.6 Å². The molecule has 9 nitrogen and oxygen atoms in total. The highest BCUT2D eigenvalue weighted by Crippen LogP contribution is 2.41. The van der Waals surface area contributed by atoms with Crippen LogP contribution in [0.5, 0.6) is 11.8 Å². The fourth-order valence-corrected chi connectivity index (χ4v) is 5.72. The lowest BCUT2D eigenvalue weighted by atomic mass is 9.90. The molecule has 10 heteroatoms. The SMILES string of the molecule is COc1cc(OC)nc(N2CC3CN(C(=O)C4C(c5ncccc5F)=CN5C=CC=CC45)CC3C2)n1. The Balaban J connectivity index is 1.21. The zero-order valence-electron chi connectivity index (χ0n) is 20.1. The van der Waals surface area contributed by atoms with Crippen molar-refractivity contribution in [1.82, 2.24) is 24.8 Å². The zero-order chi connectivity index (χ0) is 24.8. The molecule has 0 aliphatic carbocycles. The third kappa shape index (κ3) is 3.77. The first-order valence-corrected chi connectivity index (χ1v) is 12.0. The van der Waals surface area contributed by atoms with E-state index in [1.54, 1.807) is 32.5 Å². The lowest BCUT2D eigenvalue weighted by Gasteiger charge is -2.30. The van der Waals surface area contributed by atoms with E-state index in [0.717, 1.165) is 13.1 Å². The smallest absolute Gasteiger partial charge is 0.232 e. The maximum atomic E-state index is 14.7. The van der Waals surface area contributed by atoms with Crippen LogP contribution in [0.4, 0.5) is 10.3 Å². The molecule has 0 aromatic carbocycles. The number of carbonyl (C=O) groups excluding carboxylic acids is 1. The van der Waals surface area contributed by atoms with E-state index in [2.05, 4.69) is 19.9 Å². The molecule has 4 aliphatic heterocycles. The van der Waals surface area contributed by atoms with Crippen LogP contribution in [0, 0.1) is 23.6 Å². The van der Waals surface area contributed by atoms with E-state index in [0.29, 0.717) is 48.2 Å². The van der Waals surface area contributed by atoms with Crippen LogP contribution in [0.3, 0.4) is 0 Å². The topological polar surface area (TPSA) is 83.9 Å². The number of hydrogen-bond acceptors (Lipinski definition) is 8. The summed E-state index contributed by atoms with van der Waals surface area (Å²) >= 11 is 0. The van der Waals surface area contributed by atoms with Gasteiger partial charge < -0.3 is 24.2 Å². The number of halogens is 1. The highest BCUT2D eigenvalue weighted by molar-refractivity contribution is 5.94. The van der Waals surface area contributed by atoms with E-state index in [1.165, 1.54) is 6.07 Å². The molecule has 0 radical (unpaired) electrons. The van der Waals surface area contributed by atoms with Gasteiger partial charge in [-0.1, -0.05) is 12.2 Å². The van der Waals surface area contributed by atoms with Crippen molar-refractivity contribution in [2.75, 3.05) is 45.3 Å². The van der Waals surface area contributed by atoms with Crippen LogP contribution in [-0.4, -0.2) is 77.1 Å². The molecule has 4 atom stereocenters. The Hall–Kier alpha value is -3.95. The van der Waals surface area contributed by atoms with E-state index >= 15 is 0 Å². The summed E-state index contributed by atoms with van der Waals surface area (Å²) < 4.78 is 25.3. The Labute approximate surface area is 208 Å². The van der Waals surface area contributed by atoms with Crippen LogP contribution in [0.25, 0.3) is 5.57 Å². The molecule has 2 saturated heterocycles. The van der Waals surface area contributed by atoms with Crippen molar-refractivity contribution >= 4 is 17.4 Å². The van der Waals surface area contributed by atoms with E-state index in [4.69, 9.17) is 9.47 Å². The first-order chi connectivity index (χ1) is 17.6. The number of allylic oxidation sites excluding steroid dienone is 2. The molecule has 2 fully saturated rings. The summed E-state index contributed by atoms with van der Waals surface area (Å²) in [6.45, 7) is 2.76. The van der Waals surface area contributed by atoms with Crippen LogP contribution < -0.4 is 14.4 Å². The number of hydrogen-bond donors (Lipinski definition) is 0. The molecule has 4 unspecified atom stereocenters. The first-order valence-electron chi connectivity index (χ1n) is 12.0. The molecule has 36 heavy (non-hydrogen) atoms. The molecule has 6 rings (SSSR count). The molecule has 4 aliphatic rings. The summed E-state index contributed by atoms with van der Waals surface area (Å²) in [6, 6.07) is 4.41. The number of amides is 1. The van der Waals surface area contributed by atoms with Crippen molar-refractivity contribution in [3.8, 4) is 11.8 Å². The van der Waals surface area contributed by atoms with Gasteiger partial charge in [-0.05, 0) is 18.2 Å². The molecule has 2 aromatic heterocycles. The van der Waals surface area contributed by atoms with Crippen molar-refractivity contribution in [3.05, 3.63) is 66.5 Å². The van der Waals surface area contributed by atoms with Gasteiger partial charge in [-0.2, -0.15) is 9.97 Å². The van der Waals surface area contributed by atoms with E-state index in [1.807, 2.05) is 40.4 Å². The number of pyridine rings is 1. The largest absolute Gasteiger partial charge is 0.481 e. The van der Waals surface area contributed by atoms with Gasteiger partial charge in [0.25, 0.3) is 0 Å². The van der Waals surface area contributed by atoms with Gasteiger partial charge in [-0.25, -0.2) is 4.39 Å². The fourth-order valence-electron chi connectivity index (χ4n) is 5.72. The minimum atomic E-state index is -0.517. The number of fused-ring (bicyclic) bond motifs is 2. The summed E-state index contributed by atoms with van der Waals surface area (Å²) in [5, 5.41) is 0. The van der Waals surface area contributed by atoms with Crippen molar-refractivity contribution in [2.24, 2.45) is 17.8 Å². The minimum absolute atomic E-state index is 0.0130. The number of aromatic nitrogens is 3. The fraction of sp³-hybridized carbons (Fsp3) is 0.385. The van der Waals surface area contributed by atoms with Crippen LogP contribution in [-0.2, 0) is 4.79 Å². The van der Waals surface area contributed by atoms with Crippen LogP contribution in [0.15, 0.2) is 55.0 Å². The van der Waals surface area contributed by atoms with Crippen molar-refractivity contribution in [3.63, 3.8) is 0 Å². The normalized spacial score (nSPS) is 26.2. The standard InChI is InChI=1S/C26H27FN6O3/c1-35-21-10-22(36-2)30-26(29-21)33-13-16-11-32(12-17(16)14-33)25(34)23-18(24-19(27)6-5-8-28-24)15-31-9-4-3-7-20(23)31/h3-10,15-17,20,23H,11-14H2,1-2H3. The highest BCUT2D eigenvalue weighted by Gasteiger charge is 2.48. The maximum absolute atomic E-state index is 14.7. The summed E-state index contributed by atoms with van der Waals surface area (Å²) in [6.07, 6.45) is 11.2. The predicted molar refractivity (Wildman–Crippen MR) is 130 cm³/mol. The lowest BCUT2D eigenvalue weighted by Crippen LogP contribution is -2.42. The van der Waals surface area contributed by atoms with Gasteiger partial charge in [-0.15, -0.1) is 0 Å². The molecule has 0 saturated carbocycles. The van der Waals surface area contributed by atoms with Crippen molar-refractivity contribution in [2.45, 2.75) is 6.04 Å². The number of nitrogens with zero attached hydrogens (tertiary/aromatic N) is 6. The van der Waals surface area contributed by atoms with Gasteiger partial charge in [-0.3, -0.25) is 9.78 Å². The Kier molecular flexibility index (Phi) is 5.58. The quantitative estimate of drug-likeness (QED) is 0.632. The third-order valence-corrected chi connectivity index (χ3v) is 7.45. The minimum Gasteiger partial charge on any atom is -0.481 e. The molecule has 6 heterocycles. The van der Waals surface area contributed by atoms with Gasteiger partial charge in [0.1, 0.15) is 11.5 Å². The highest BCUT2D eigenvalue weighted by atomic mass is 19.1. The second-order valence-corrected chi connectivity index (χ2v) is 9.48. The third-order valence-electron chi connectivity index (χ3n) is 7.45. The molecular formula is C26H27FN6O3. The first kappa shape index (κ1) is 22.5. The Morgan fingerprint density at radius 3 is 2.44 bits per heavy atom. The van der Waals surface area contributed by atoms with Crippen LogP contribution in [0.1, 0.15) is 5.69 Å². The van der Waals surface area contributed by atoms with Gasteiger partial charge in [0.05, 0.1) is 32.2 Å². The van der Waals surface area contributed by atoms with E-state index in [9.17, 15) is 9.18 Å². The lowest BCUT2D eigenvalue weighted by molar-refractivity contribution is -0.133. The van der Waals surface area contributed by atoms with Crippen molar-refractivity contribution in [1.29, 1.82) is 0 Å². The maximum Gasteiger partial charge on any atom is 0.232 e. The van der Waals surface area contributed by atoms with Crippen LogP contribution >= 0.6 is 0 Å². The Bertz CT molecular complexity index is 1240. The Morgan fingerprint density at radius 1 is 1.06 bits per heavy atom. The Morgan fingerprint density at radius 2 is 1.78 bits per heavy atom. The average Bonchev–Trinajstić information content (AvgIpc) is 3.60. The summed E-state index contributed by atoms with van der Waals surface area (Å²) in [5.74, 6) is 1.15. The number of carbonyl (C=O) groups is 1. The number of methoxy groups -OCH3 is 2. The second kappa shape index (κ2) is 8.92. The van der Waals surface area contributed by atoms with E-state index < -0.39 is 11.7 Å². The van der Waals surface area contributed by atoms with Gasteiger partial charge in [0.15, 0.2) is 0 Å². The molecule has 0 spiro atoms. The van der Waals surface area contributed by atoms with Crippen molar-refractivity contribution < 1.29 is 18.7 Å². The zero-order valence-corrected chi connectivity index (χ0v) is 20.1.